The largest absolute Gasteiger partial charge is 0.0950 e. The van der Waals surface area contributed by atoms with Crippen LogP contribution in [0.15, 0.2) is 22.3 Å². The van der Waals surface area contributed by atoms with E-state index >= 15 is 0 Å². The lowest BCUT2D eigenvalue weighted by molar-refractivity contribution is 1.54. The maximum Gasteiger partial charge on any atom is 0.0701 e. The SMILES string of the molecule is C=C(C)/C(Br)=C/[Si](C)(C)C. The van der Waals surface area contributed by atoms with Crippen molar-refractivity contribution in [1.29, 1.82) is 0 Å². The molecular formula is C8H15BrSi. The van der Waals surface area contributed by atoms with Crippen molar-refractivity contribution in [1.82, 2.24) is 0 Å². The molecule has 0 aromatic carbocycles. The lowest BCUT2D eigenvalue weighted by Gasteiger charge is -2.10. The molecule has 0 unspecified atom stereocenters. The second-order valence-corrected chi connectivity index (χ2v) is 9.51. The molecule has 0 aromatic rings. The molecule has 0 radical (unpaired) electrons. The van der Waals surface area contributed by atoms with E-state index in [-0.39, 0.29) is 0 Å². The fraction of sp³-hybridized carbons (Fsp3) is 0.500. The monoisotopic (exact) mass is 218 g/mol. The molecule has 0 nitrogen and oxygen atoms in total. The predicted molar refractivity (Wildman–Crippen MR) is 55.2 cm³/mol. The maximum absolute atomic E-state index is 3.85. The van der Waals surface area contributed by atoms with Crippen molar-refractivity contribution in [3.63, 3.8) is 0 Å². The zero-order valence-corrected chi connectivity index (χ0v) is 9.75. The third-order valence-electron chi connectivity index (χ3n) is 0.967. The topological polar surface area (TPSA) is 0 Å². The Kier molecular flexibility index (Phi) is 3.60. The minimum absolute atomic E-state index is 1.05. The van der Waals surface area contributed by atoms with Crippen LogP contribution in [0.25, 0.3) is 0 Å². The summed E-state index contributed by atoms with van der Waals surface area (Å²) in [5, 5.41) is 0. The van der Waals surface area contributed by atoms with Gasteiger partial charge in [0.05, 0.1) is 8.07 Å². The van der Waals surface area contributed by atoms with E-state index in [0.717, 1.165) is 5.57 Å². The Labute approximate surface area is 73.2 Å². The van der Waals surface area contributed by atoms with E-state index < -0.39 is 8.07 Å². The standard InChI is InChI=1S/C8H15BrSi/c1-7(2)8(9)6-10(3,4)5/h6H,1H2,2-5H3/b8-6-. The molecule has 0 saturated carbocycles. The summed E-state index contributed by atoms with van der Waals surface area (Å²) in [5.41, 5.74) is 3.41. The molecule has 0 amide bonds. The Hall–Kier alpha value is 0.177. The van der Waals surface area contributed by atoms with Crippen molar-refractivity contribution in [2.45, 2.75) is 26.6 Å². The van der Waals surface area contributed by atoms with Crippen molar-refractivity contribution in [3.8, 4) is 0 Å². The summed E-state index contributed by atoms with van der Waals surface area (Å²) >= 11 is 3.47. The van der Waals surface area contributed by atoms with Gasteiger partial charge in [0.25, 0.3) is 0 Å². The van der Waals surface area contributed by atoms with Crippen LogP contribution in [0.4, 0.5) is 0 Å². The van der Waals surface area contributed by atoms with Gasteiger partial charge in [-0.15, -0.1) is 0 Å². The summed E-state index contributed by atoms with van der Waals surface area (Å²) in [4.78, 5) is 0. The average Bonchev–Trinajstić information content (AvgIpc) is 1.60. The highest BCUT2D eigenvalue weighted by molar-refractivity contribution is 9.12. The summed E-state index contributed by atoms with van der Waals surface area (Å²) in [6.45, 7) is 12.8. The van der Waals surface area contributed by atoms with E-state index in [9.17, 15) is 0 Å². The second-order valence-electron chi connectivity index (χ2n) is 3.64. The highest BCUT2D eigenvalue weighted by atomic mass is 79.9. The molecule has 0 spiro atoms. The summed E-state index contributed by atoms with van der Waals surface area (Å²) in [7, 11) is -1.05. The molecule has 0 heterocycles. The molecule has 0 saturated heterocycles. The van der Waals surface area contributed by atoms with Gasteiger partial charge in [-0.2, -0.15) is 0 Å². The molecule has 0 aliphatic heterocycles. The zero-order valence-electron chi connectivity index (χ0n) is 7.16. The Balaban J connectivity index is 4.32. The quantitative estimate of drug-likeness (QED) is 0.490. The first-order valence-electron chi connectivity index (χ1n) is 3.37. The number of allylic oxidation sites excluding steroid dienone is 2. The van der Waals surface area contributed by atoms with Gasteiger partial charge in [-0.25, -0.2) is 0 Å². The van der Waals surface area contributed by atoms with Crippen LogP contribution in [0.3, 0.4) is 0 Å². The molecule has 0 aliphatic rings. The summed E-state index contributed by atoms with van der Waals surface area (Å²) in [6.07, 6.45) is 0. The number of rotatable bonds is 2. The predicted octanol–water partition coefficient (Wildman–Crippen LogP) is 3.72. The summed E-state index contributed by atoms with van der Waals surface area (Å²) in [6, 6.07) is 0. The van der Waals surface area contributed by atoms with E-state index in [2.05, 4.69) is 47.8 Å². The molecular weight excluding hydrogens is 204 g/mol. The van der Waals surface area contributed by atoms with Gasteiger partial charge in [0.2, 0.25) is 0 Å². The Morgan fingerprint density at radius 2 is 1.80 bits per heavy atom. The molecule has 2 heteroatoms. The number of hydrogen-bond acceptors (Lipinski definition) is 0. The summed E-state index contributed by atoms with van der Waals surface area (Å²) < 4.78 is 1.17. The van der Waals surface area contributed by atoms with Gasteiger partial charge in [0.1, 0.15) is 0 Å². The highest BCUT2D eigenvalue weighted by Gasteiger charge is 2.09. The van der Waals surface area contributed by atoms with Gasteiger partial charge in [-0.3, -0.25) is 0 Å². The van der Waals surface area contributed by atoms with Crippen LogP contribution in [0, 0.1) is 0 Å². The third-order valence-corrected chi connectivity index (χ3v) is 3.45. The van der Waals surface area contributed by atoms with E-state index in [1.807, 2.05) is 6.92 Å². The maximum atomic E-state index is 3.85. The minimum atomic E-state index is -1.05. The molecule has 0 aromatic heterocycles. The van der Waals surface area contributed by atoms with Gasteiger partial charge in [-0.1, -0.05) is 47.8 Å². The van der Waals surface area contributed by atoms with Crippen molar-refractivity contribution in [2.75, 3.05) is 0 Å². The van der Waals surface area contributed by atoms with Gasteiger partial charge in [-0.05, 0) is 12.5 Å². The van der Waals surface area contributed by atoms with E-state index in [4.69, 9.17) is 0 Å². The molecule has 0 aliphatic carbocycles. The summed E-state index contributed by atoms with van der Waals surface area (Å²) in [5.74, 6) is 0. The smallest absolute Gasteiger partial charge is 0.0701 e. The Morgan fingerprint density at radius 3 is 1.90 bits per heavy atom. The lowest BCUT2D eigenvalue weighted by Crippen LogP contribution is -2.16. The van der Waals surface area contributed by atoms with Crippen molar-refractivity contribution in [3.05, 3.63) is 22.3 Å². The zero-order chi connectivity index (χ0) is 8.36. The Bertz CT molecular complexity index is 163. The van der Waals surface area contributed by atoms with Crippen LogP contribution in [-0.4, -0.2) is 8.07 Å². The van der Waals surface area contributed by atoms with Gasteiger partial charge >= 0.3 is 0 Å². The van der Waals surface area contributed by atoms with Crippen molar-refractivity contribution < 1.29 is 0 Å². The molecule has 0 N–H and O–H groups in total. The van der Waals surface area contributed by atoms with Gasteiger partial charge in [0, 0.05) is 4.48 Å². The lowest BCUT2D eigenvalue weighted by atomic mass is 10.4. The van der Waals surface area contributed by atoms with E-state index in [1.54, 1.807) is 0 Å². The second kappa shape index (κ2) is 3.53. The van der Waals surface area contributed by atoms with Crippen LogP contribution in [0.5, 0.6) is 0 Å². The fourth-order valence-corrected chi connectivity index (χ4v) is 3.57. The first kappa shape index (κ1) is 10.2. The first-order chi connectivity index (χ1) is 4.33. The molecule has 0 rings (SSSR count). The van der Waals surface area contributed by atoms with Crippen LogP contribution in [-0.2, 0) is 0 Å². The molecule has 0 bridgehead atoms. The molecule has 0 atom stereocenters. The fourth-order valence-electron chi connectivity index (χ4n) is 0.503. The minimum Gasteiger partial charge on any atom is -0.0950 e. The van der Waals surface area contributed by atoms with Crippen molar-refractivity contribution in [2.24, 2.45) is 0 Å². The number of hydrogen-bond donors (Lipinski definition) is 0. The van der Waals surface area contributed by atoms with Crippen LogP contribution in [0.1, 0.15) is 6.92 Å². The molecule has 0 fully saturated rings. The number of halogens is 1. The van der Waals surface area contributed by atoms with Crippen LogP contribution >= 0.6 is 15.9 Å². The van der Waals surface area contributed by atoms with Gasteiger partial charge < -0.3 is 0 Å². The van der Waals surface area contributed by atoms with Crippen LogP contribution < -0.4 is 0 Å². The van der Waals surface area contributed by atoms with E-state index in [1.165, 1.54) is 4.48 Å². The highest BCUT2D eigenvalue weighted by Crippen LogP contribution is 2.18. The molecule has 10 heavy (non-hydrogen) atoms. The first-order valence-corrected chi connectivity index (χ1v) is 7.74. The average molecular weight is 219 g/mol. The van der Waals surface area contributed by atoms with Gasteiger partial charge in [0.15, 0.2) is 0 Å². The third kappa shape index (κ3) is 5.00. The van der Waals surface area contributed by atoms with E-state index in [0.29, 0.717) is 0 Å². The van der Waals surface area contributed by atoms with Crippen molar-refractivity contribution >= 4 is 24.0 Å². The Morgan fingerprint density at radius 1 is 1.40 bits per heavy atom. The molecule has 58 valence electrons. The van der Waals surface area contributed by atoms with Crippen LogP contribution in [0.2, 0.25) is 19.6 Å². The normalized spacial score (nSPS) is 13.5.